The third-order valence-corrected chi connectivity index (χ3v) is 4.29. The van der Waals surface area contributed by atoms with Crippen LogP contribution in [0.2, 0.25) is 0 Å². The van der Waals surface area contributed by atoms with Crippen LogP contribution in [-0.2, 0) is 9.31 Å². The second kappa shape index (κ2) is 4.91. The number of fused-ring (bicyclic) bond motifs is 3. The van der Waals surface area contributed by atoms with Crippen molar-refractivity contribution in [3.05, 3.63) is 41.4 Å². The van der Waals surface area contributed by atoms with Crippen molar-refractivity contribution < 1.29 is 28.0 Å². The van der Waals surface area contributed by atoms with Crippen LogP contribution in [-0.4, -0.2) is 30.4 Å². The molecule has 0 fully saturated rings. The Balaban J connectivity index is 2.39. The van der Waals surface area contributed by atoms with E-state index in [1.165, 1.54) is 31.4 Å². The molecule has 0 spiro atoms. The van der Waals surface area contributed by atoms with Gasteiger partial charge >= 0.3 is 7.12 Å². The van der Waals surface area contributed by atoms with Gasteiger partial charge < -0.3 is 19.2 Å². The zero-order valence-corrected chi connectivity index (χ0v) is 12.4. The van der Waals surface area contributed by atoms with Gasteiger partial charge in [0.1, 0.15) is 6.10 Å². The lowest BCUT2D eigenvalue weighted by Gasteiger charge is -2.29. The largest absolute Gasteiger partial charge is 0.488 e. The van der Waals surface area contributed by atoms with Gasteiger partial charge in [-0.05, 0) is 27.5 Å². The molecule has 0 bridgehead atoms. The minimum Gasteiger partial charge on any atom is -0.453 e. The van der Waals surface area contributed by atoms with Crippen molar-refractivity contribution >= 4 is 39.5 Å². The summed E-state index contributed by atoms with van der Waals surface area (Å²) in [6.07, 6.45) is 0.0900. The first-order chi connectivity index (χ1) is 9.87. The molecule has 0 aliphatic heterocycles. The third-order valence-electron chi connectivity index (χ3n) is 3.48. The van der Waals surface area contributed by atoms with Gasteiger partial charge in [-0.25, -0.2) is 8.78 Å². The Bertz CT molecular complexity index is 741. The van der Waals surface area contributed by atoms with E-state index in [-0.39, 0.29) is 27.8 Å². The Morgan fingerprint density at radius 1 is 1.43 bits per heavy atom. The molecule has 1 aliphatic rings. The SMILES string of the molecule is COC1C=C(B(O)O)c2c(oc3c(F)cccc23)C1(F)Br. The first-order valence-electron chi connectivity index (χ1n) is 6.08. The van der Waals surface area contributed by atoms with E-state index < -0.39 is 23.6 Å². The Kier molecular flexibility index (Phi) is 3.44. The second-order valence-electron chi connectivity index (χ2n) is 4.70. The molecule has 0 amide bonds. The van der Waals surface area contributed by atoms with Gasteiger partial charge in [-0.2, -0.15) is 0 Å². The van der Waals surface area contributed by atoms with Crippen molar-refractivity contribution in [1.29, 1.82) is 0 Å². The van der Waals surface area contributed by atoms with Crippen LogP contribution in [0, 0.1) is 5.82 Å². The topological polar surface area (TPSA) is 62.8 Å². The van der Waals surface area contributed by atoms with Gasteiger partial charge in [-0.3, -0.25) is 0 Å². The highest BCUT2D eigenvalue weighted by atomic mass is 79.9. The summed E-state index contributed by atoms with van der Waals surface area (Å²) in [6, 6.07) is 4.14. The highest BCUT2D eigenvalue weighted by Gasteiger charge is 2.49. The fourth-order valence-corrected chi connectivity index (χ4v) is 3.12. The van der Waals surface area contributed by atoms with Crippen LogP contribution in [0.4, 0.5) is 8.78 Å². The van der Waals surface area contributed by atoms with Crippen molar-refractivity contribution in [2.75, 3.05) is 7.11 Å². The normalized spacial score (nSPS) is 24.9. The van der Waals surface area contributed by atoms with Crippen LogP contribution >= 0.6 is 15.9 Å². The van der Waals surface area contributed by atoms with Crippen molar-refractivity contribution in [2.45, 2.75) is 10.7 Å². The summed E-state index contributed by atoms with van der Waals surface area (Å²) in [4.78, 5) is 0. The van der Waals surface area contributed by atoms with Gasteiger partial charge in [-0.1, -0.05) is 18.2 Å². The number of hydrogen-bond acceptors (Lipinski definition) is 4. The molecule has 2 aromatic rings. The molecule has 110 valence electrons. The fourth-order valence-electron chi connectivity index (χ4n) is 2.52. The number of halogens is 3. The molecule has 1 aliphatic carbocycles. The van der Waals surface area contributed by atoms with Gasteiger partial charge in [0, 0.05) is 18.1 Å². The molecule has 2 N–H and O–H groups in total. The average Bonchev–Trinajstić information content (AvgIpc) is 2.81. The minimum absolute atomic E-state index is 0.00826. The van der Waals surface area contributed by atoms with Gasteiger partial charge in [0.2, 0.25) is 0 Å². The van der Waals surface area contributed by atoms with E-state index in [1.807, 2.05) is 0 Å². The summed E-state index contributed by atoms with van der Waals surface area (Å²) < 4.78 is 36.8. The number of furan rings is 1. The van der Waals surface area contributed by atoms with E-state index in [0.29, 0.717) is 0 Å². The molecular weight excluding hydrogens is 349 g/mol. The van der Waals surface area contributed by atoms with E-state index in [9.17, 15) is 18.8 Å². The first-order valence-corrected chi connectivity index (χ1v) is 6.87. The lowest BCUT2D eigenvalue weighted by Crippen LogP contribution is -2.35. The number of benzene rings is 1. The maximum Gasteiger partial charge on any atom is 0.488 e. The summed E-state index contributed by atoms with van der Waals surface area (Å²) >= 11 is 2.88. The molecule has 2 atom stereocenters. The van der Waals surface area contributed by atoms with E-state index in [0.717, 1.165) is 0 Å². The summed E-state index contributed by atoms with van der Waals surface area (Å²) in [6.45, 7) is 0. The standard InChI is InChI=1S/C13H10BBrF2O4/c1-20-9-5-7(14(18)19)10-6-3-2-4-8(16)11(6)21-12(10)13(9,15)17/h2-5,9,18-19H,1H3. The van der Waals surface area contributed by atoms with Crippen LogP contribution in [0.1, 0.15) is 11.3 Å². The van der Waals surface area contributed by atoms with Crippen molar-refractivity contribution in [2.24, 2.45) is 0 Å². The lowest BCUT2D eigenvalue weighted by molar-refractivity contribution is 0.0376. The number of alkyl halides is 2. The van der Waals surface area contributed by atoms with E-state index in [2.05, 4.69) is 15.9 Å². The average molecular weight is 359 g/mol. The zero-order valence-electron chi connectivity index (χ0n) is 10.8. The van der Waals surface area contributed by atoms with Crippen LogP contribution in [0.3, 0.4) is 0 Å². The van der Waals surface area contributed by atoms with Gasteiger partial charge in [0.25, 0.3) is 4.58 Å². The second-order valence-corrected chi connectivity index (χ2v) is 5.85. The Morgan fingerprint density at radius 3 is 2.76 bits per heavy atom. The summed E-state index contributed by atoms with van der Waals surface area (Å²) in [5.41, 5.74) is -0.0200. The Hall–Kier alpha value is -1.22. The minimum atomic E-state index is -2.24. The number of rotatable bonds is 2. The summed E-state index contributed by atoms with van der Waals surface area (Å²) in [7, 11) is -0.596. The van der Waals surface area contributed by atoms with E-state index >= 15 is 0 Å². The van der Waals surface area contributed by atoms with Gasteiger partial charge in [0.15, 0.2) is 17.2 Å². The van der Waals surface area contributed by atoms with Crippen LogP contribution in [0.15, 0.2) is 28.7 Å². The van der Waals surface area contributed by atoms with Gasteiger partial charge in [0.05, 0.1) is 0 Å². The molecule has 1 heterocycles. The third kappa shape index (κ3) is 2.05. The Morgan fingerprint density at radius 2 is 2.14 bits per heavy atom. The summed E-state index contributed by atoms with van der Waals surface area (Å²) in [5.74, 6) is -0.911. The number of methoxy groups -OCH3 is 1. The number of para-hydroxylation sites is 1. The van der Waals surface area contributed by atoms with Crippen LogP contribution in [0.5, 0.6) is 0 Å². The molecule has 2 unspecified atom stereocenters. The Labute approximate surface area is 127 Å². The van der Waals surface area contributed by atoms with Gasteiger partial charge in [-0.15, -0.1) is 0 Å². The quantitative estimate of drug-likeness (QED) is 0.639. The van der Waals surface area contributed by atoms with Crippen molar-refractivity contribution in [1.82, 2.24) is 0 Å². The molecule has 3 rings (SSSR count). The molecule has 0 saturated heterocycles. The molecule has 1 aromatic carbocycles. The molecule has 0 radical (unpaired) electrons. The molecule has 1 aromatic heterocycles. The monoisotopic (exact) mass is 358 g/mol. The van der Waals surface area contributed by atoms with Crippen molar-refractivity contribution in [3.8, 4) is 0 Å². The van der Waals surface area contributed by atoms with Crippen LogP contribution < -0.4 is 0 Å². The van der Waals surface area contributed by atoms with Crippen LogP contribution in [0.25, 0.3) is 16.4 Å². The van der Waals surface area contributed by atoms with E-state index in [4.69, 9.17) is 9.15 Å². The molecule has 8 heteroatoms. The molecule has 4 nitrogen and oxygen atoms in total. The lowest BCUT2D eigenvalue weighted by atomic mass is 9.70. The highest BCUT2D eigenvalue weighted by Crippen LogP contribution is 2.50. The number of ether oxygens (including phenoxy) is 1. The predicted molar refractivity (Wildman–Crippen MR) is 76.9 cm³/mol. The van der Waals surface area contributed by atoms with Crippen molar-refractivity contribution in [3.63, 3.8) is 0 Å². The smallest absolute Gasteiger partial charge is 0.453 e. The van der Waals surface area contributed by atoms with E-state index in [1.54, 1.807) is 0 Å². The first kappa shape index (κ1) is 14.7. The maximum atomic E-state index is 14.9. The zero-order chi connectivity index (χ0) is 15.4. The summed E-state index contributed by atoms with van der Waals surface area (Å²) in [5, 5.41) is 19.3. The molecule has 0 saturated carbocycles. The molecular formula is C13H10BBrF2O4. The fraction of sp³-hybridized carbons (Fsp3) is 0.231. The highest BCUT2D eigenvalue weighted by molar-refractivity contribution is 9.09. The maximum absolute atomic E-state index is 14.9. The predicted octanol–water partition coefficient (Wildman–Crippen LogP) is 2.51. The molecule has 21 heavy (non-hydrogen) atoms. The number of hydrogen-bond donors (Lipinski definition) is 2.